The molecule has 1 amide bonds. The SMILES string of the molecule is CCOc1cccc(CNc2ccc(C(=O)NC)cc2)c1. The molecule has 21 heavy (non-hydrogen) atoms. The molecule has 0 aromatic heterocycles. The van der Waals surface area contributed by atoms with Crippen molar-refractivity contribution in [3.05, 3.63) is 59.7 Å². The molecule has 2 rings (SSSR count). The van der Waals surface area contributed by atoms with E-state index >= 15 is 0 Å². The van der Waals surface area contributed by atoms with Crippen molar-refractivity contribution in [1.29, 1.82) is 0 Å². The number of amides is 1. The minimum atomic E-state index is -0.0778. The first kappa shape index (κ1) is 14.9. The van der Waals surface area contributed by atoms with Crippen molar-refractivity contribution in [3.8, 4) is 5.75 Å². The highest BCUT2D eigenvalue weighted by atomic mass is 16.5. The second-order valence-corrected chi connectivity index (χ2v) is 4.59. The quantitative estimate of drug-likeness (QED) is 0.857. The van der Waals surface area contributed by atoms with E-state index in [0.717, 1.165) is 17.0 Å². The van der Waals surface area contributed by atoms with Crippen LogP contribution >= 0.6 is 0 Å². The Morgan fingerprint density at radius 1 is 1.14 bits per heavy atom. The molecule has 0 atom stereocenters. The molecule has 2 N–H and O–H groups in total. The maximum atomic E-state index is 11.5. The second-order valence-electron chi connectivity index (χ2n) is 4.59. The van der Waals surface area contributed by atoms with E-state index < -0.39 is 0 Å². The first-order valence-corrected chi connectivity index (χ1v) is 7.00. The van der Waals surface area contributed by atoms with E-state index in [1.54, 1.807) is 19.2 Å². The molecule has 0 saturated carbocycles. The molecule has 2 aromatic carbocycles. The lowest BCUT2D eigenvalue weighted by molar-refractivity contribution is 0.0963. The number of nitrogens with one attached hydrogen (secondary N) is 2. The minimum absolute atomic E-state index is 0.0778. The van der Waals surface area contributed by atoms with Crippen LogP contribution in [-0.4, -0.2) is 19.6 Å². The van der Waals surface area contributed by atoms with Crippen LogP contribution in [0.15, 0.2) is 48.5 Å². The maximum absolute atomic E-state index is 11.5. The van der Waals surface area contributed by atoms with Crippen molar-refractivity contribution in [1.82, 2.24) is 5.32 Å². The van der Waals surface area contributed by atoms with Gasteiger partial charge in [-0.25, -0.2) is 0 Å². The average Bonchev–Trinajstić information content (AvgIpc) is 2.53. The third-order valence-corrected chi connectivity index (χ3v) is 3.08. The van der Waals surface area contributed by atoms with Gasteiger partial charge in [-0.15, -0.1) is 0 Å². The Kier molecular flexibility index (Phi) is 5.21. The molecule has 0 fully saturated rings. The van der Waals surface area contributed by atoms with Gasteiger partial charge in [0.25, 0.3) is 5.91 Å². The van der Waals surface area contributed by atoms with E-state index in [9.17, 15) is 4.79 Å². The predicted octanol–water partition coefficient (Wildman–Crippen LogP) is 3.06. The fourth-order valence-electron chi connectivity index (χ4n) is 2.00. The Morgan fingerprint density at radius 3 is 2.57 bits per heavy atom. The molecule has 0 heterocycles. The smallest absolute Gasteiger partial charge is 0.251 e. The first-order chi connectivity index (χ1) is 10.2. The van der Waals surface area contributed by atoms with E-state index in [4.69, 9.17) is 4.74 Å². The molecule has 0 spiro atoms. The van der Waals surface area contributed by atoms with Gasteiger partial charge >= 0.3 is 0 Å². The van der Waals surface area contributed by atoms with Crippen molar-refractivity contribution < 1.29 is 9.53 Å². The molecule has 0 aliphatic rings. The Hall–Kier alpha value is -2.49. The molecule has 110 valence electrons. The number of hydrogen-bond acceptors (Lipinski definition) is 3. The van der Waals surface area contributed by atoms with Gasteiger partial charge in [0.05, 0.1) is 6.61 Å². The summed E-state index contributed by atoms with van der Waals surface area (Å²) in [6.07, 6.45) is 0. The van der Waals surface area contributed by atoms with Crippen LogP contribution in [-0.2, 0) is 6.54 Å². The van der Waals surface area contributed by atoms with Crippen molar-refractivity contribution in [2.24, 2.45) is 0 Å². The van der Waals surface area contributed by atoms with Crippen LogP contribution < -0.4 is 15.4 Å². The van der Waals surface area contributed by atoms with Gasteiger partial charge in [-0.3, -0.25) is 4.79 Å². The van der Waals surface area contributed by atoms with Crippen LogP contribution in [0, 0.1) is 0 Å². The van der Waals surface area contributed by atoms with Crippen molar-refractivity contribution in [2.75, 3.05) is 19.0 Å². The number of benzene rings is 2. The number of ether oxygens (including phenoxy) is 1. The standard InChI is InChI=1S/C17H20N2O2/c1-3-21-16-6-4-5-13(11-16)12-19-15-9-7-14(8-10-15)17(20)18-2/h4-11,19H,3,12H2,1-2H3,(H,18,20). The van der Waals surface area contributed by atoms with Gasteiger partial charge in [0.2, 0.25) is 0 Å². The third kappa shape index (κ3) is 4.24. The average molecular weight is 284 g/mol. The number of hydrogen-bond donors (Lipinski definition) is 2. The summed E-state index contributed by atoms with van der Waals surface area (Å²) in [5.41, 5.74) is 2.78. The molecular formula is C17H20N2O2. The molecule has 0 aliphatic carbocycles. The molecular weight excluding hydrogens is 264 g/mol. The summed E-state index contributed by atoms with van der Waals surface area (Å²) in [7, 11) is 1.62. The maximum Gasteiger partial charge on any atom is 0.251 e. The number of carbonyl (C=O) groups excluding carboxylic acids is 1. The number of anilines is 1. The van der Waals surface area contributed by atoms with E-state index in [1.807, 2.05) is 37.3 Å². The lowest BCUT2D eigenvalue weighted by atomic mass is 10.1. The summed E-state index contributed by atoms with van der Waals surface area (Å²) in [6.45, 7) is 3.34. The molecule has 4 nitrogen and oxygen atoms in total. The van der Waals surface area contributed by atoms with Gasteiger partial charge in [0.1, 0.15) is 5.75 Å². The van der Waals surface area contributed by atoms with Crippen LogP contribution in [0.4, 0.5) is 5.69 Å². The second kappa shape index (κ2) is 7.33. The Balaban J connectivity index is 1.96. The topological polar surface area (TPSA) is 50.4 Å². The van der Waals surface area contributed by atoms with Crippen LogP contribution in [0.5, 0.6) is 5.75 Å². The fraction of sp³-hybridized carbons (Fsp3) is 0.235. The molecule has 0 unspecified atom stereocenters. The van der Waals surface area contributed by atoms with Crippen LogP contribution in [0.25, 0.3) is 0 Å². The van der Waals surface area contributed by atoms with Gasteiger partial charge in [0.15, 0.2) is 0 Å². The van der Waals surface area contributed by atoms with E-state index in [0.29, 0.717) is 18.7 Å². The highest BCUT2D eigenvalue weighted by Gasteiger charge is 2.02. The lowest BCUT2D eigenvalue weighted by Gasteiger charge is -2.09. The van der Waals surface area contributed by atoms with Gasteiger partial charge in [0, 0.05) is 24.8 Å². The van der Waals surface area contributed by atoms with Crippen molar-refractivity contribution in [3.63, 3.8) is 0 Å². The van der Waals surface area contributed by atoms with Gasteiger partial charge in [-0.2, -0.15) is 0 Å². The molecule has 0 aliphatic heterocycles. The zero-order chi connectivity index (χ0) is 15.1. The monoisotopic (exact) mass is 284 g/mol. The zero-order valence-corrected chi connectivity index (χ0v) is 12.3. The number of rotatable bonds is 6. The van der Waals surface area contributed by atoms with Crippen molar-refractivity contribution in [2.45, 2.75) is 13.5 Å². The Labute approximate surface area is 125 Å². The van der Waals surface area contributed by atoms with E-state index in [1.165, 1.54) is 0 Å². The minimum Gasteiger partial charge on any atom is -0.494 e. The summed E-state index contributed by atoms with van der Waals surface area (Å²) < 4.78 is 5.48. The van der Waals surface area contributed by atoms with E-state index in [2.05, 4.69) is 16.7 Å². The van der Waals surface area contributed by atoms with Gasteiger partial charge in [-0.05, 0) is 48.9 Å². The summed E-state index contributed by atoms with van der Waals surface area (Å²) in [4.78, 5) is 11.5. The normalized spacial score (nSPS) is 10.0. The number of carbonyl (C=O) groups is 1. The lowest BCUT2D eigenvalue weighted by Crippen LogP contribution is -2.17. The van der Waals surface area contributed by atoms with Crippen molar-refractivity contribution >= 4 is 11.6 Å². The molecule has 4 heteroatoms. The highest BCUT2D eigenvalue weighted by molar-refractivity contribution is 5.94. The summed E-state index contributed by atoms with van der Waals surface area (Å²) in [6, 6.07) is 15.4. The van der Waals surface area contributed by atoms with Crippen LogP contribution in [0.2, 0.25) is 0 Å². The van der Waals surface area contributed by atoms with Crippen LogP contribution in [0.3, 0.4) is 0 Å². The molecule has 2 aromatic rings. The summed E-state index contributed by atoms with van der Waals surface area (Å²) in [5.74, 6) is 0.803. The Bertz CT molecular complexity index is 594. The molecule has 0 bridgehead atoms. The molecule has 0 saturated heterocycles. The zero-order valence-electron chi connectivity index (χ0n) is 12.3. The Morgan fingerprint density at radius 2 is 1.90 bits per heavy atom. The van der Waals surface area contributed by atoms with Gasteiger partial charge in [-0.1, -0.05) is 12.1 Å². The van der Waals surface area contributed by atoms with Crippen LogP contribution in [0.1, 0.15) is 22.8 Å². The first-order valence-electron chi connectivity index (χ1n) is 7.00. The fourth-order valence-corrected chi connectivity index (χ4v) is 2.00. The van der Waals surface area contributed by atoms with E-state index in [-0.39, 0.29) is 5.91 Å². The summed E-state index contributed by atoms with van der Waals surface area (Å²) in [5, 5.41) is 5.93. The predicted molar refractivity (Wildman–Crippen MR) is 84.8 cm³/mol. The van der Waals surface area contributed by atoms with Gasteiger partial charge < -0.3 is 15.4 Å². The summed E-state index contributed by atoms with van der Waals surface area (Å²) >= 11 is 0. The largest absolute Gasteiger partial charge is 0.494 e. The third-order valence-electron chi connectivity index (χ3n) is 3.08. The highest BCUT2D eigenvalue weighted by Crippen LogP contribution is 2.15. The molecule has 0 radical (unpaired) electrons.